The Morgan fingerprint density at radius 2 is 2.12 bits per heavy atom. The molecule has 0 heterocycles. The number of carbonyl (C=O) groups excluding carboxylic acids is 1. The molecule has 0 aliphatic heterocycles. The lowest BCUT2D eigenvalue weighted by Gasteiger charge is -2.25. The van der Waals surface area contributed by atoms with Crippen LogP contribution >= 0.6 is 0 Å². The molecular weight excluding hydrogens is 227 g/mol. The SMILES string of the molecule is O=C(NCC(F)(F)F)OC1CCCC(O)C1. The second-order valence-corrected chi connectivity index (χ2v) is 3.82. The van der Waals surface area contributed by atoms with Crippen molar-refractivity contribution in [3.63, 3.8) is 0 Å². The first-order valence-electron chi connectivity index (χ1n) is 5.06. The first kappa shape index (κ1) is 13.1. The van der Waals surface area contributed by atoms with E-state index in [-0.39, 0.29) is 0 Å². The molecule has 0 bridgehead atoms. The monoisotopic (exact) mass is 241 g/mol. The van der Waals surface area contributed by atoms with E-state index in [2.05, 4.69) is 0 Å². The first-order chi connectivity index (χ1) is 7.37. The highest BCUT2D eigenvalue weighted by Crippen LogP contribution is 2.21. The molecule has 2 unspecified atom stereocenters. The number of alkyl halides is 3. The largest absolute Gasteiger partial charge is 0.446 e. The van der Waals surface area contributed by atoms with E-state index in [0.29, 0.717) is 25.7 Å². The number of ether oxygens (including phenoxy) is 1. The van der Waals surface area contributed by atoms with E-state index in [1.54, 1.807) is 5.32 Å². The van der Waals surface area contributed by atoms with Gasteiger partial charge in [0.2, 0.25) is 0 Å². The summed E-state index contributed by atoms with van der Waals surface area (Å²) in [4.78, 5) is 10.9. The van der Waals surface area contributed by atoms with E-state index in [1.165, 1.54) is 0 Å². The predicted octanol–water partition coefficient (Wildman–Crippen LogP) is 1.58. The normalized spacial score (nSPS) is 26.2. The van der Waals surface area contributed by atoms with Crippen LogP contribution in [0, 0.1) is 0 Å². The standard InChI is InChI=1S/C9H14F3NO3/c10-9(11,12)5-13-8(15)16-7-3-1-2-6(14)4-7/h6-7,14H,1-5H2,(H,13,15). The zero-order valence-electron chi connectivity index (χ0n) is 8.59. The van der Waals surface area contributed by atoms with Gasteiger partial charge >= 0.3 is 12.3 Å². The molecule has 1 aliphatic carbocycles. The van der Waals surface area contributed by atoms with Crippen LogP contribution in [0.1, 0.15) is 25.7 Å². The van der Waals surface area contributed by atoms with Crippen LogP contribution in [0.3, 0.4) is 0 Å². The van der Waals surface area contributed by atoms with Gasteiger partial charge < -0.3 is 15.2 Å². The molecule has 1 rings (SSSR count). The van der Waals surface area contributed by atoms with Crippen LogP contribution in [0.4, 0.5) is 18.0 Å². The zero-order valence-corrected chi connectivity index (χ0v) is 8.59. The molecule has 0 radical (unpaired) electrons. The van der Waals surface area contributed by atoms with Gasteiger partial charge in [-0.3, -0.25) is 0 Å². The van der Waals surface area contributed by atoms with Crippen LogP contribution in [-0.4, -0.2) is 36.1 Å². The molecule has 1 saturated carbocycles. The van der Waals surface area contributed by atoms with Gasteiger partial charge in [-0.05, 0) is 19.3 Å². The highest BCUT2D eigenvalue weighted by molar-refractivity contribution is 5.67. The van der Waals surface area contributed by atoms with Crippen LogP contribution in [0.2, 0.25) is 0 Å². The molecule has 4 nitrogen and oxygen atoms in total. The Kier molecular flexibility index (Phi) is 4.40. The van der Waals surface area contributed by atoms with Crippen molar-refractivity contribution in [1.82, 2.24) is 5.32 Å². The van der Waals surface area contributed by atoms with Crippen LogP contribution < -0.4 is 5.32 Å². The Bertz CT molecular complexity index is 245. The van der Waals surface area contributed by atoms with Gasteiger partial charge in [0.25, 0.3) is 0 Å². The maximum absolute atomic E-state index is 11.7. The van der Waals surface area contributed by atoms with Crippen molar-refractivity contribution >= 4 is 6.09 Å². The Balaban J connectivity index is 2.23. The smallest absolute Gasteiger partial charge is 0.407 e. The molecule has 2 atom stereocenters. The molecule has 0 spiro atoms. The molecule has 0 aromatic heterocycles. The number of halogens is 3. The van der Waals surface area contributed by atoms with Gasteiger partial charge in [0, 0.05) is 6.42 Å². The molecule has 0 aromatic rings. The fourth-order valence-corrected chi connectivity index (χ4v) is 1.59. The zero-order chi connectivity index (χ0) is 12.2. The molecule has 1 aliphatic rings. The van der Waals surface area contributed by atoms with Gasteiger partial charge in [0.1, 0.15) is 12.6 Å². The van der Waals surface area contributed by atoms with Crippen molar-refractivity contribution < 1.29 is 27.8 Å². The van der Waals surface area contributed by atoms with Crippen molar-refractivity contribution in [1.29, 1.82) is 0 Å². The summed E-state index contributed by atoms with van der Waals surface area (Å²) in [5.41, 5.74) is 0. The number of rotatable bonds is 2. The van der Waals surface area contributed by atoms with Crippen molar-refractivity contribution in [3.05, 3.63) is 0 Å². The number of amides is 1. The average Bonchev–Trinajstić information content (AvgIpc) is 2.14. The number of aliphatic hydroxyl groups is 1. The molecular formula is C9H14F3NO3. The highest BCUT2D eigenvalue weighted by atomic mass is 19.4. The fraction of sp³-hybridized carbons (Fsp3) is 0.889. The van der Waals surface area contributed by atoms with Crippen LogP contribution in [0.25, 0.3) is 0 Å². The molecule has 0 saturated heterocycles. The lowest BCUT2D eigenvalue weighted by molar-refractivity contribution is -0.124. The molecule has 0 aromatic carbocycles. The number of alkyl carbamates (subject to hydrolysis) is 1. The van der Waals surface area contributed by atoms with Crippen LogP contribution in [-0.2, 0) is 4.74 Å². The highest BCUT2D eigenvalue weighted by Gasteiger charge is 2.29. The summed E-state index contributed by atoms with van der Waals surface area (Å²) < 4.78 is 40.0. The van der Waals surface area contributed by atoms with E-state index >= 15 is 0 Å². The number of carbonyl (C=O) groups is 1. The Morgan fingerprint density at radius 1 is 1.44 bits per heavy atom. The second kappa shape index (κ2) is 5.38. The molecule has 7 heteroatoms. The second-order valence-electron chi connectivity index (χ2n) is 3.82. The molecule has 16 heavy (non-hydrogen) atoms. The summed E-state index contributed by atoms with van der Waals surface area (Å²) in [6.07, 6.45) is -4.33. The average molecular weight is 241 g/mol. The Hall–Kier alpha value is -0.980. The summed E-state index contributed by atoms with van der Waals surface area (Å²) in [6.45, 7) is -1.40. The van der Waals surface area contributed by atoms with Gasteiger partial charge in [-0.25, -0.2) is 4.79 Å². The van der Waals surface area contributed by atoms with Crippen molar-refractivity contribution in [2.45, 2.75) is 44.1 Å². The summed E-state index contributed by atoms with van der Waals surface area (Å²) >= 11 is 0. The van der Waals surface area contributed by atoms with Gasteiger partial charge in [-0.2, -0.15) is 13.2 Å². The van der Waals surface area contributed by atoms with Gasteiger partial charge in [0.05, 0.1) is 6.10 Å². The Morgan fingerprint density at radius 3 is 2.69 bits per heavy atom. The number of hydrogen-bond acceptors (Lipinski definition) is 3. The predicted molar refractivity (Wildman–Crippen MR) is 48.8 cm³/mol. The summed E-state index contributed by atoms with van der Waals surface area (Å²) in [6, 6.07) is 0. The minimum atomic E-state index is -4.44. The molecule has 2 N–H and O–H groups in total. The first-order valence-corrected chi connectivity index (χ1v) is 5.06. The molecule has 1 amide bonds. The Labute approximate surface area is 90.8 Å². The lowest BCUT2D eigenvalue weighted by Crippen LogP contribution is -2.37. The van der Waals surface area contributed by atoms with E-state index < -0.39 is 31.0 Å². The van der Waals surface area contributed by atoms with E-state index in [4.69, 9.17) is 4.74 Å². The summed E-state index contributed by atoms with van der Waals surface area (Å²) in [5, 5.41) is 10.9. The number of hydrogen-bond donors (Lipinski definition) is 2. The van der Waals surface area contributed by atoms with Crippen LogP contribution in [0.15, 0.2) is 0 Å². The molecule has 94 valence electrons. The number of nitrogens with one attached hydrogen (secondary N) is 1. The lowest BCUT2D eigenvalue weighted by atomic mass is 9.95. The van der Waals surface area contributed by atoms with E-state index in [1.807, 2.05) is 0 Å². The fourth-order valence-electron chi connectivity index (χ4n) is 1.59. The third-order valence-corrected chi connectivity index (χ3v) is 2.31. The topological polar surface area (TPSA) is 58.6 Å². The quantitative estimate of drug-likeness (QED) is 0.771. The third-order valence-electron chi connectivity index (χ3n) is 2.31. The maximum atomic E-state index is 11.7. The maximum Gasteiger partial charge on any atom is 0.407 e. The van der Waals surface area contributed by atoms with Crippen molar-refractivity contribution in [2.24, 2.45) is 0 Å². The van der Waals surface area contributed by atoms with Gasteiger partial charge in [-0.15, -0.1) is 0 Å². The van der Waals surface area contributed by atoms with Gasteiger partial charge in [-0.1, -0.05) is 0 Å². The summed E-state index contributed by atoms with van der Waals surface area (Å²) in [7, 11) is 0. The van der Waals surface area contributed by atoms with Crippen molar-refractivity contribution in [3.8, 4) is 0 Å². The minimum Gasteiger partial charge on any atom is -0.446 e. The molecule has 1 fully saturated rings. The minimum absolute atomic E-state index is 0.291. The van der Waals surface area contributed by atoms with Gasteiger partial charge in [0.15, 0.2) is 0 Å². The van der Waals surface area contributed by atoms with Crippen LogP contribution in [0.5, 0.6) is 0 Å². The third kappa shape index (κ3) is 5.20. The summed E-state index contributed by atoms with van der Waals surface area (Å²) in [5.74, 6) is 0. The number of aliphatic hydroxyl groups excluding tert-OH is 1. The van der Waals surface area contributed by atoms with E-state index in [0.717, 1.165) is 0 Å². The van der Waals surface area contributed by atoms with Crippen molar-refractivity contribution in [2.75, 3.05) is 6.54 Å². The van der Waals surface area contributed by atoms with E-state index in [9.17, 15) is 23.1 Å².